The normalized spacial score (nSPS) is 11.2. The van der Waals surface area contributed by atoms with E-state index in [-0.39, 0.29) is 0 Å². The number of aryl methyl sites for hydroxylation is 1. The summed E-state index contributed by atoms with van der Waals surface area (Å²) in [6, 6.07) is 17.3. The molecule has 0 fully saturated rings. The summed E-state index contributed by atoms with van der Waals surface area (Å²) < 4.78 is 2.20. The van der Waals surface area contributed by atoms with E-state index in [0.29, 0.717) is 5.92 Å². The molecule has 1 heterocycles. The average Bonchev–Trinajstić information content (AvgIpc) is 3.03. The van der Waals surface area contributed by atoms with E-state index in [1.54, 1.807) is 11.8 Å². The lowest BCUT2D eigenvalue weighted by molar-refractivity contribution is 0.687. The Labute approximate surface area is 154 Å². The van der Waals surface area contributed by atoms with Gasteiger partial charge in [0.05, 0.1) is 0 Å². The molecule has 3 rings (SSSR count). The van der Waals surface area contributed by atoms with Crippen LogP contribution in [0.25, 0.3) is 11.4 Å². The highest BCUT2D eigenvalue weighted by Gasteiger charge is 2.13. The van der Waals surface area contributed by atoms with Crippen molar-refractivity contribution < 1.29 is 0 Å². The zero-order valence-corrected chi connectivity index (χ0v) is 16.2. The molecule has 0 radical (unpaired) electrons. The summed E-state index contributed by atoms with van der Waals surface area (Å²) in [6.45, 7) is 9.56. The minimum Gasteiger partial charge on any atom is -0.302 e. The van der Waals surface area contributed by atoms with Crippen LogP contribution in [0.2, 0.25) is 0 Å². The molecule has 2 aromatic carbocycles. The third-order valence-electron chi connectivity index (χ3n) is 4.32. The van der Waals surface area contributed by atoms with E-state index in [4.69, 9.17) is 0 Å². The van der Waals surface area contributed by atoms with Crippen LogP contribution in [0.5, 0.6) is 0 Å². The molecule has 0 amide bonds. The molecule has 130 valence electrons. The molecule has 0 aliphatic heterocycles. The summed E-state index contributed by atoms with van der Waals surface area (Å²) in [4.78, 5) is 0. The Morgan fingerprint density at radius 3 is 2.44 bits per heavy atom. The molecule has 0 saturated carbocycles. The number of aromatic nitrogens is 3. The highest BCUT2D eigenvalue weighted by atomic mass is 32.2. The van der Waals surface area contributed by atoms with Crippen molar-refractivity contribution in [3.8, 4) is 11.4 Å². The van der Waals surface area contributed by atoms with E-state index in [1.807, 2.05) is 0 Å². The molecule has 0 bridgehead atoms. The van der Waals surface area contributed by atoms with Gasteiger partial charge in [0.1, 0.15) is 0 Å². The predicted octanol–water partition coefficient (Wildman–Crippen LogP) is 5.69. The fraction of sp³-hybridized carbons (Fsp3) is 0.333. The van der Waals surface area contributed by atoms with E-state index in [0.717, 1.165) is 28.8 Å². The quantitative estimate of drug-likeness (QED) is 0.535. The molecule has 25 heavy (non-hydrogen) atoms. The van der Waals surface area contributed by atoms with Crippen LogP contribution >= 0.6 is 11.8 Å². The van der Waals surface area contributed by atoms with Gasteiger partial charge in [-0.05, 0) is 30.9 Å². The highest BCUT2D eigenvalue weighted by molar-refractivity contribution is 7.98. The van der Waals surface area contributed by atoms with Crippen molar-refractivity contribution in [1.82, 2.24) is 14.8 Å². The molecule has 0 atom stereocenters. The monoisotopic (exact) mass is 351 g/mol. The lowest BCUT2D eigenvalue weighted by Gasteiger charge is -2.09. The molecule has 0 aliphatic carbocycles. The third kappa shape index (κ3) is 4.13. The van der Waals surface area contributed by atoms with E-state index in [9.17, 15) is 0 Å². The highest BCUT2D eigenvalue weighted by Crippen LogP contribution is 2.27. The molecule has 1 aromatic heterocycles. The molecule has 3 aromatic rings. The van der Waals surface area contributed by atoms with Gasteiger partial charge >= 0.3 is 0 Å². The maximum Gasteiger partial charge on any atom is 0.191 e. The Bertz CT molecular complexity index is 835. The molecule has 0 aliphatic rings. The Morgan fingerprint density at radius 1 is 1.04 bits per heavy atom. The lowest BCUT2D eigenvalue weighted by atomic mass is 10.0. The van der Waals surface area contributed by atoms with Crippen LogP contribution < -0.4 is 0 Å². The fourth-order valence-corrected chi connectivity index (χ4v) is 3.81. The fourth-order valence-electron chi connectivity index (χ4n) is 2.86. The zero-order chi connectivity index (χ0) is 17.8. The Balaban J connectivity index is 1.81. The van der Waals surface area contributed by atoms with Gasteiger partial charge in [0, 0.05) is 17.9 Å². The molecule has 3 nitrogen and oxygen atoms in total. The number of hydrogen-bond acceptors (Lipinski definition) is 3. The molecule has 0 spiro atoms. The summed E-state index contributed by atoms with van der Waals surface area (Å²) >= 11 is 1.75. The Hall–Kier alpha value is -2.07. The van der Waals surface area contributed by atoms with Crippen molar-refractivity contribution in [3.63, 3.8) is 0 Å². The van der Waals surface area contributed by atoms with Crippen molar-refractivity contribution in [2.75, 3.05) is 0 Å². The minimum absolute atomic E-state index is 0.540. The van der Waals surface area contributed by atoms with Crippen molar-refractivity contribution in [1.29, 1.82) is 0 Å². The lowest BCUT2D eigenvalue weighted by Crippen LogP contribution is -2.00. The molecule has 4 heteroatoms. The van der Waals surface area contributed by atoms with Crippen molar-refractivity contribution in [2.24, 2.45) is 0 Å². The van der Waals surface area contributed by atoms with E-state index in [2.05, 4.69) is 91.0 Å². The van der Waals surface area contributed by atoms with E-state index in [1.165, 1.54) is 16.7 Å². The van der Waals surface area contributed by atoms with Crippen molar-refractivity contribution >= 4 is 11.8 Å². The van der Waals surface area contributed by atoms with Crippen LogP contribution in [-0.2, 0) is 12.3 Å². The first-order valence-electron chi connectivity index (χ1n) is 8.80. The average molecular weight is 352 g/mol. The maximum atomic E-state index is 4.45. The topological polar surface area (TPSA) is 30.7 Å². The van der Waals surface area contributed by atoms with Gasteiger partial charge in [-0.15, -0.1) is 10.2 Å². The van der Waals surface area contributed by atoms with E-state index >= 15 is 0 Å². The number of benzene rings is 2. The SMILES string of the molecule is CCn1c(SCc2cccc(C)c2)nnc1-c1ccc(C(C)C)cc1. The number of thioether (sulfide) groups is 1. The van der Waals surface area contributed by atoms with Gasteiger partial charge in [0.2, 0.25) is 0 Å². The van der Waals surface area contributed by atoms with Crippen molar-refractivity contribution in [3.05, 3.63) is 65.2 Å². The molecular weight excluding hydrogens is 326 g/mol. The van der Waals surface area contributed by atoms with Crippen molar-refractivity contribution in [2.45, 2.75) is 51.1 Å². The maximum absolute atomic E-state index is 4.45. The standard InChI is InChI=1S/C21H25N3S/c1-5-24-20(19-11-9-18(10-12-19)15(2)3)22-23-21(24)25-14-17-8-6-7-16(4)13-17/h6-13,15H,5,14H2,1-4H3. The summed E-state index contributed by atoms with van der Waals surface area (Å²) in [5.41, 5.74) is 5.08. The van der Waals surface area contributed by atoms with Gasteiger partial charge in [-0.1, -0.05) is 79.7 Å². The second kappa shape index (κ2) is 7.87. The predicted molar refractivity (Wildman–Crippen MR) is 106 cm³/mol. The zero-order valence-electron chi connectivity index (χ0n) is 15.4. The van der Waals surface area contributed by atoms with Gasteiger partial charge in [-0.3, -0.25) is 0 Å². The first-order valence-corrected chi connectivity index (χ1v) is 9.79. The Morgan fingerprint density at radius 2 is 1.80 bits per heavy atom. The second-order valence-electron chi connectivity index (χ2n) is 6.60. The van der Waals surface area contributed by atoms with Crippen LogP contribution in [0.4, 0.5) is 0 Å². The van der Waals surface area contributed by atoms with Gasteiger partial charge in [-0.25, -0.2) is 0 Å². The smallest absolute Gasteiger partial charge is 0.191 e. The van der Waals surface area contributed by atoms with E-state index < -0.39 is 0 Å². The first kappa shape index (κ1) is 17.7. The summed E-state index contributed by atoms with van der Waals surface area (Å²) in [7, 11) is 0. The Kier molecular flexibility index (Phi) is 5.59. The van der Waals surface area contributed by atoms with Gasteiger partial charge in [-0.2, -0.15) is 0 Å². The molecule has 0 unspecified atom stereocenters. The summed E-state index contributed by atoms with van der Waals surface area (Å²) in [5.74, 6) is 2.40. The number of nitrogens with zero attached hydrogens (tertiary/aromatic N) is 3. The minimum atomic E-state index is 0.540. The number of rotatable bonds is 6. The third-order valence-corrected chi connectivity index (χ3v) is 5.36. The molecule has 0 saturated heterocycles. The van der Waals surface area contributed by atoms with Gasteiger partial charge in [0.25, 0.3) is 0 Å². The molecular formula is C21H25N3S. The van der Waals surface area contributed by atoms with Crippen LogP contribution in [-0.4, -0.2) is 14.8 Å². The van der Waals surface area contributed by atoms with Crippen LogP contribution in [0.1, 0.15) is 43.4 Å². The molecule has 0 N–H and O–H groups in total. The van der Waals surface area contributed by atoms with Crippen LogP contribution in [0.15, 0.2) is 53.7 Å². The summed E-state index contributed by atoms with van der Waals surface area (Å²) in [5, 5.41) is 9.87. The summed E-state index contributed by atoms with van der Waals surface area (Å²) in [6.07, 6.45) is 0. The largest absolute Gasteiger partial charge is 0.302 e. The second-order valence-corrected chi connectivity index (χ2v) is 7.55. The van der Waals surface area contributed by atoms with Gasteiger partial charge in [0.15, 0.2) is 11.0 Å². The van der Waals surface area contributed by atoms with Gasteiger partial charge < -0.3 is 4.57 Å². The van der Waals surface area contributed by atoms with Crippen LogP contribution in [0.3, 0.4) is 0 Å². The number of hydrogen-bond donors (Lipinski definition) is 0. The van der Waals surface area contributed by atoms with Crippen LogP contribution in [0, 0.1) is 6.92 Å². The first-order chi connectivity index (χ1) is 12.1.